The lowest BCUT2D eigenvalue weighted by atomic mass is 10.1. The summed E-state index contributed by atoms with van der Waals surface area (Å²) in [5, 5.41) is 21.0. The number of nitrogens with zero attached hydrogens (tertiary/aromatic N) is 4. The van der Waals surface area contributed by atoms with Gasteiger partial charge < -0.3 is 4.57 Å². The summed E-state index contributed by atoms with van der Waals surface area (Å²) >= 11 is 0.847. The van der Waals surface area contributed by atoms with Crippen LogP contribution in [-0.4, -0.2) is 25.5 Å². The number of amides is 2. The summed E-state index contributed by atoms with van der Waals surface area (Å²) in [4.78, 5) is 37.7. The molecule has 3 aromatic carbocycles. The van der Waals surface area contributed by atoms with E-state index in [1.165, 1.54) is 18.2 Å². The zero-order valence-electron chi connectivity index (χ0n) is 18.8. The highest BCUT2D eigenvalue weighted by Gasteiger charge is 2.35. The Morgan fingerprint density at radius 3 is 2.58 bits per heavy atom. The van der Waals surface area contributed by atoms with E-state index in [0.717, 1.165) is 38.7 Å². The monoisotopic (exact) mass is 494 g/mol. The first-order valence-electron chi connectivity index (χ1n) is 11.0. The predicted octanol–water partition coefficient (Wildman–Crippen LogP) is 5.71. The van der Waals surface area contributed by atoms with Crippen LogP contribution < -0.4 is 0 Å². The Labute approximate surface area is 210 Å². The van der Waals surface area contributed by atoms with E-state index in [1.54, 1.807) is 18.2 Å². The smallest absolute Gasteiger partial charge is 0.293 e. The number of hydrogen-bond acceptors (Lipinski definition) is 6. The van der Waals surface area contributed by atoms with Crippen molar-refractivity contribution in [1.82, 2.24) is 9.47 Å². The maximum atomic E-state index is 13.1. The molecule has 0 spiro atoms. The Morgan fingerprint density at radius 1 is 1.00 bits per heavy atom. The molecular weight excluding hydrogens is 476 g/mol. The summed E-state index contributed by atoms with van der Waals surface area (Å²) in [6.07, 6.45) is 3.61. The minimum Gasteiger partial charge on any atom is -0.342 e. The van der Waals surface area contributed by atoms with Crippen LogP contribution in [0.15, 0.2) is 83.9 Å². The zero-order valence-corrected chi connectivity index (χ0v) is 19.6. The largest absolute Gasteiger partial charge is 0.342 e. The van der Waals surface area contributed by atoms with Crippen molar-refractivity contribution in [2.75, 3.05) is 0 Å². The van der Waals surface area contributed by atoms with Crippen molar-refractivity contribution in [2.24, 2.45) is 0 Å². The Bertz CT molecular complexity index is 1620. The molecule has 1 aliphatic heterocycles. The van der Waals surface area contributed by atoms with E-state index in [1.807, 2.05) is 53.2 Å². The van der Waals surface area contributed by atoms with Crippen molar-refractivity contribution in [3.63, 3.8) is 0 Å². The first-order chi connectivity index (χ1) is 17.4. The van der Waals surface area contributed by atoms with E-state index < -0.39 is 16.1 Å². The minimum atomic E-state index is -0.512. The topological polar surface area (TPSA) is 109 Å². The highest BCUT2D eigenvalue weighted by molar-refractivity contribution is 8.18. The molecule has 2 amide bonds. The number of aromatic nitrogens is 1. The van der Waals surface area contributed by atoms with Gasteiger partial charge in [0.1, 0.15) is 0 Å². The molecule has 2 heterocycles. The van der Waals surface area contributed by atoms with Gasteiger partial charge in [-0.05, 0) is 41.1 Å². The first-order valence-corrected chi connectivity index (χ1v) is 11.8. The van der Waals surface area contributed by atoms with Gasteiger partial charge in [0.05, 0.1) is 28.0 Å². The van der Waals surface area contributed by atoms with Crippen LogP contribution in [0, 0.1) is 21.4 Å². The molecule has 4 aromatic rings. The Morgan fingerprint density at radius 2 is 1.78 bits per heavy atom. The first kappa shape index (κ1) is 23.1. The molecule has 176 valence electrons. The quantitative estimate of drug-likeness (QED) is 0.193. The fourth-order valence-corrected chi connectivity index (χ4v) is 5.03. The van der Waals surface area contributed by atoms with Crippen LogP contribution in [0.5, 0.6) is 0 Å². The van der Waals surface area contributed by atoms with Crippen LogP contribution in [0.4, 0.5) is 10.5 Å². The number of nitriles is 1. The molecule has 8 nitrogen and oxygen atoms in total. The molecule has 0 unspecified atom stereocenters. The normalized spacial score (nSPS) is 14.5. The number of non-ortho nitro benzene ring substituents is 1. The number of fused-ring (bicyclic) bond motifs is 1. The standard InChI is InChI=1S/C27H18N4O4S/c28-14-19-7-1-2-8-20(19)16-29-17-21(23-10-3-4-11-24(23)29)13-25-26(32)30(27(33)36-25)15-18-6-5-9-22(12-18)31(34)35/h1-13,17H,15-16H2. The van der Waals surface area contributed by atoms with E-state index in [-0.39, 0.29) is 17.1 Å². The minimum absolute atomic E-state index is 0.0452. The lowest BCUT2D eigenvalue weighted by Crippen LogP contribution is -2.27. The zero-order chi connectivity index (χ0) is 25.2. The lowest BCUT2D eigenvalue weighted by molar-refractivity contribution is -0.384. The van der Waals surface area contributed by atoms with Crippen molar-refractivity contribution in [3.8, 4) is 6.07 Å². The number of nitro benzene ring substituents is 1. The van der Waals surface area contributed by atoms with Crippen molar-refractivity contribution >= 4 is 45.6 Å². The lowest BCUT2D eigenvalue weighted by Gasteiger charge is -2.12. The molecule has 1 fully saturated rings. The molecule has 0 bridgehead atoms. The van der Waals surface area contributed by atoms with E-state index in [9.17, 15) is 25.0 Å². The number of nitro groups is 1. The average molecular weight is 495 g/mol. The average Bonchev–Trinajstić information content (AvgIpc) is 3.36. The summed E-state index contributed by atoms with van der Waals surface area (Å²) < 4.78 is 2.02. The van der Waals surface area contributed by atoms with E-state index in [0.29, 0.717) is 17.7 Å². The van der Waals surface area contributed by atoms with Gasteiger partial charge in [-0.2, -0.15) is 5.26 Å². The van der Waals surface area contributed by atoms with E-state index in [2.05, 4.69) is 6.07 Å². The van der Waals surface area contributed by atoms with E-state index >= 15 is 0 Å². The number of carbonyl (C=O) groups is 2. The number of imide groups is 1. The molecule has 1 aromatic heterocycles. The second kappa shape index (κ2) is 9.52. The second-order valence-electron chi connectivity index (χ2n) is 8.19. The number of rotatable bonds is 6. The van der Waals surface area contributed by atoms with Crippen molar-refractivity contribution in [2.45, 2.75) is 13.1 Å². The highest BCUT2D eigenvalue weighted by Crippen LogP contribution is 2.35. The van der Waals surface area contributed by atoms with E-state index in [4.69, 9.17) is 0 Å². The maximum Gasteiger partial charge on any atom is 0.293 e. The van der Waals surface area contributed by atoms with Crippen LogP contribution in [-0.2, 0) is 17.9 Å². The summed E-state index contributed by atoms with van der Waals surface area (Å²) in [6, 6.07) is 23.3. The molecule has 36 heavy (non-hydrogen) atoms. The molecular formula is C27H18N4O4S. The van der Waals surface area contributed by atoms with Crippen LogP contribution in [0.2, 0.25) is 0 Å². The van der Waals surface area contributed by atoms with Gasteiger partial charge in [0.15, 0.2) is 0 Å². The van der Waals surface area contributed by atoms with Crippen LogP contribution in [0.25, 0.3) is 17.0 Å². The second-order valence-corrected chi connectivity index (χ2v) is 9.19. The van der Waals surface area contributed by atoms with Crippen LogP contribution >= 0.6 is 11.8 Å². The van der Waals surface area contributed by atoms with Gasteiger partial charge in [0.25, 0.3) is 16.8 Å². The Hall–Kier alpha value is -4.68. The summed E-state index contributed by atoms with van der Waals surface area (Å²) in [7, 11) is 0. The molecule has 0 N–H and O–H groups in total. The Kier molecular flexibility index (Phi) is 6.10. The summed E-state index contributed by atoms with van der Waals surface area (Å²) in [6.45, 7) is 0.433. The Balaban J connectivity index is 1.46. The molecule has 0 saturated carbocycles. The summed E-state index contributed by atoms with van der Waals surface area (Å²) in [5.41, 5.74) is 3.60. The van der Waals surface area contributed by atoms with Crippen molar-refractivity contribution < 1.29 is 14.5 Å². The fourth-order valence-electron chi connectivity index (χ4n) is 4.20. The third kappa shape index (κ3) is 4.37. The molecule has 1 aliphatic rings. The number of hydrogen-bond donors (Lipinski definition) is 0. The fraction of sp³-hybridized carbons (Fsp3) is 0.0741. The highest BCUT2D eigenvalue weighted by atomic mass is 32.2. The van der Waals surface area contributed by atoms with Gasteiger partial charge in [-0.1, -0.05) is 48.5 Å². The van der Waals surface area contributed by atoms with Gasteiger partial charge in [-0.25, -0.2) is 0 Å². The van der Waals surface area contributed by atoms with Gasteiger partial charge >= 0.3 is 0 Å². The predicted molar refractivity (Wildman–Crippen MR) is 137 cm³/mol. The third-order valence-electron chi connectivity index (χ3n) is 5.92. The van der Waals surface area contributed by atoms with Gasteiger partial charge in [-0.15, -0.1) is 0 Å². The third-order valence-corrected chi connectivity index (χ3v) is 6.83. The maximum absolute atomic E-state index is 13.1. The van der Waals surface area contributed by atoms with Crippen molar-refractivity contribution in [1.29, 1.82) is 5.26 Å². The molecule has 9 heteroatoms. The molecule has 1 saturated heterocycles. The molecule has 0 radical (unpaired) electrons. The SMILES string of the molecule is N#Cc1ccccc1Cn1cc(C=C2SC(=O)N(Cc3cccc([N+](=O)[O-])c3)C2=O)c2ccccc21. The number of thioether (sulfide) groups is 1. The van der Waals surface area contributed by atoms with Crippen LogP contribution in [0.1, 0.15) is 22.3 Å². The van der Waals surface area contributed by atoms with Gasteiger partial charge in [0, 0.05) is 41.3 Å². The van der Waals surface area contributed by atoms with Crippen LogP contribution in [0.3, 0.4) is 0 Å². The number of para-hydroxylation sites is 1. The molecule has 0 aliphatic carbocycles. The van der Waals surface area contributed by atoms with Crippen molar-refractivity contribution in [3.05, 3.63) is 116 Å². The number of carbonyl (C=O) groups excluding carboxylic acids is 2. The summed E-state index contributed by atoms with van der Waals surface area (Å²) in [5.74, 6) is -0.442. The van der Waals surface area contributed by atoms with Gasteiger partial charge in [0.2, 0.25) is 0 Å². The molecule has 5 rings (SSSR count). The number of benzene rings is 3. The molecule has 0 atom stereocenters. The van der Waals surface area contributed by atoms with Gasteiger partial charge in [-0.3, -0.25) is 24.6 Å².